The molecule has 1 aliphatic heterocycles. The van der Waals surface area contributed by atoms with Gasteiger partial charge in [-0.05, 0) is 35.7 Å². The number of ether oxygens (including phenoxy) is 1. The van der Waals surface area contributed by atoms with Gasteiger partial charge in [0, 0.05) is 18.0 Å². The summed E-state index contributed by atoms with van der Waals surface area (Å²) in [6.07, 6.45) is 5.22. The van der Waals surface area contributed by atoms with E-state index in [0.717, 1.165) is 27.6 Å². The highest BCUT2D eigenvalue weighted by Crippen LogP contribution is 2.36. The van der Waals surface area contributed by atoms with Crippen molar-refractivity contribution in [2.75, 3.05) is 5.32 Å². The maximum absolute atomic E-state index is 12.2. The van der Waals surface area contributed by atoms with Crippen LogP contribution in [-0.2, 0) is 4.79 Å². The van der Waals surface area contributed by atoms with Crippen LogP contribution in [-0.4, -0.2) is 10.9 Å². The minimum Gasteiger partial charge on any atom is -0.456 e. The molecule has 1 aliphatic rings. The summed E-state index contributed by atoms with van der Waals surface area (Å²) in [6, 6.07) is 13.3. The van der Waals surface area contributed by atoms with Crippen molar-refractivity contribution in [2.45, 2.75) is 0 Å². The summed E-state index contributed by atoms with van der Waals surface area (Å²) in [6.45, 7) is 0. The molecule has 1 amide bonds. The molecule has 0 radical (unpaired) electrons. The lowest BCUT2D eigenvalue weighted by molar-refractivity contribution is -0.110. The lowest BCUT2D eigenvalue weighted by Crippen LogP contribution is -2.03. The fraction of sp³-hybridized carbons (Fsp3) is 0. The molecule has 2 aromatic heterocycles. The van der Waals surface area contributed by atoms with E-state index in [-0.39, 0.29) is 5.91 Å². The molecular weight excluding hydrogens is 308 g/mol. The third-order valence-electron chi connectivity index (χ3n) is 3.51. The first-order valence-corrected chi connectivity index (χ1v) is 7.97. The number of thiophene rings is 1. The van der Waals surface area contributed by atoms with E-state index in [0.29, 0.717) is 5.57 Å². The number of anilines is 1. The fourth-order valence-electron chi connectivity index (χ4n) is 2.42. The van der Waals surface area contributed by atoms with Crippen molar-refractivity contribution in [1.29, 1.82) is 0 Å². The van der Waals surface area contributed by atoms with Gasteiger partial charge in [0.1, 0.15) is 11.5 Å². The molecule has 0 aliphatic carbocycles. The van der Waals surface area contributed by atoms with Gasteiger partial charge in [0.05, 0.1) is 16.1 Å². The van der Waals surface area contributed by atoms with E-state index < -0.39 is 0 Å². The molecule has 5 heteroatoms. The van der Waals surface area contributed by atoms with Crippen molar-refractivity contribution < 1.29 is 9.53 Å². The normalized spacial score (nSPS) is 14.6. The quantitative estimate of drug-likeness (QED) is 0.726. The minimum atomic E-state index is -0.118. The number of fused-ring (bicyclic) bond motifs is 1. The number of benzene rings is 1. The zero-order chi connectivity index (χ0) is 15.6. The molecule has 0 atom stereocenters. The summed E-state index contributed by atoms with van der Waals surface area (Å²) >= 11 is 1.53. The Bertz CT molecular complexity index is 900. The van der Waals surface area contributed by atoms with Gasteiger partial charge >= 0.3 is 0 Å². The molecule has 1 N–H and O–H groups in total. The predicted octanol–water partition coefficient (Wildman–Crippen LogP) is 4.43. The third kappa shape index (κ3) is 2.62. The Labute approximate surface area is 137 Å². The van der Waals surface area contributed by atoms with Crippen LogP contribution in [0.1, 0.15) is 10.4 Å². The van der Waals surface area contributed by atoms with Crippen LogP contribution in [0.4, 0.5) is 5.69 Å². The number of rotatable bonds is 3. The number of pyridine rings is 1. The lowest BCUT2D eigenvalue weighted by atomic mass is 10.1. The van der Waals surface area contributed by atoms with Gasteiger partial charge in [-0.3, -0.25) is 9.78 Å². The van der Waals surface area contributed by atoms with Crippen molar-refractivity contribution in [3.8, 4) is 11.5 Å². The molecule has 0 fully saturated rings. The Morgan fingerprint density at radius 2 is 2.00 bits per heavy atom. The van der Waals surface area contributed by atoms with Gasteiger partial charge in [0.25, 0.3) is 5.91 Å². The van der Waals surface area contributed by atoms with Gasteiger partial charge in [-0.1, -0.05) is 18.2 Å². The summed E-state index contributed by atoms with van der Waals surface area (Å²) in [7, 11) is 0. The van der Waals surface area contributed by atoms with Crippen LogP contribution < -0.4 is 10.1 Å². The second-order valence-electron chi connectivity index (χ2n) is 5.00. The van der Waals surface area contributed by atoms with E-state index >= 15 is 0 Å². The first-order valence-electron chi connectivity index (χ1n) is 7.09. The first-order chi connectivity index (χ1) is 11.3. The van der Waals surface area contributed by atoms with E-state index in [1.807, 2.05) is 47.9 Å². The number of amides is 1. The Kier molecular flexibility index (Phi) is 3.40. The minimum absolute atomic E-state index is 0.118. The van der Waals surface area contributed by atoms with Gasteiger partial charge in [-0.15, -0.1) is 11.3 Å². The Hall–Kier alpha value is -2.92. The Balaban J connectivity index is 1.70. The zero-order valence-corrected chi connectivity index (χ0v) is 12.8. The molecule has 0 saturated heterocycles. The highest BCUT2D eigenvalue weighted by Gasteiger charge is 2.24. The first kappa shape index (κ1) is 13.7. The summed E-state index contributed by atoms with van der Waals surface area (Å²) in [5.41, 5.74) is 2.21. The summed E-state index contributed by atoms with van der Waals surface area (Å²) in [5.74, 6) is 1.38. The smallest absolute Gasteiger partial charge is 0.256 e. The summed E-state index contributed by atoms with van der Waals surface area (Å²) < 4.78 is 5.90. The van der Waals surface area contributed by atoms with Crippen LogP contribution in [0.5, 0.6) is 11.5 Å². The summed E-state index contributed by atoms with van der Waals surface area (Å²) in [4.78, 5) is 17.2. The van der Waals surface area contributed by atoms with E-state index in [1.54, 1.807) is 18.5 Å². The SMILES string of the molecule is O=C1Nc2ccncc2C1=Cc1sccc1Oc1ccccc1. The third-order valence-corrected chi connectivity index (χ3v) is 4.35. The number of aromatic nitrogens is 1. The molecule has 1 aromatic carbocycles. The molecule has 23 heavy (non-hydrogen) atoms. The number of para-hydroxylation sites is 1. The molecule has 0 unspecified atom stereocenters. The standard InChI is InChI=1S/C18H12N2O2S/c21-18-13(14-11-19-8-6-15(14)20-18)10-17-16(7-9-23-17)22-12-4-2-1-3-5-12/h1-11H,(H,20,21). The molecule has 0 spiro atoms. The number of hydrogen-bond acceptors (Lipinski definition) is 4. The largest absolute Gasteiger partial charge is 0.456 e. The Morgan fingerprint density at radius 1 is 1.13 bits per heavy atom. The predicted molar refractivity (Wildman–Crippen MR) is 91.6 cm³/mol. The maximum Gasteiger partial charge on any atom is 0.256 e. The number of nitrogens with one attached hydrogen (secondary N) is 1. The zero-order valence-electron chi connectivity index (χ0n) is 12.0. The molecule has 3 heterocycles. The maximum atomic E-state index is 12.2. The van der Waals surface area contributed by atoms with Crippen molar-refractivity contribution >= 4 is 34.6 Å². The fourth-order valence-corrected chi connectivity index (χ4v) is 3.17. The number of hydrogen-bond donors (Lipinski definition) is 1. The Morgan fingerprint density at radius 3 is 2.87 bits per heavy atom. The van der Waals surface area contributed by atoms with E-state index in [2.05, 4.69) is 10.3 Å². The molecule has 4 rings (SSSR count). The van der Waals surface area contributed by atoms with Crippen molar-refractivity contribution in [2.24, 2.45) is 0 Å². The van der Waals surface area contributed by atoms with Gasteiger partial charge in [0.15, 0.2) is 0 Å². The molecule has 0 saturated carbocycles. The number of carbonyl (C=O) groups excluding carboxylic acids is 1. The van der Waals surface area contributed by atoms with Crippen molar-refractivity contribution in [3.05, 3.63) is 70.7 Å². The second kappa shape index (κ2) is 5.70. The summed E-state index contributed by atoms with van der Waals surface area (Å²) in [5, 5.41) is 4.79. The molecular formula is C18H12N2O2S. The second-order valence-corrected chi connectivity index (χ2v) is 5.95. The van der Waals surface area contributed by atoms with E-state index in [9.17, 15) is 4.79 Å². The van der Waals surface area contributed by atoms with Gasteiger partial charge in [0.2, 0.25) is 0 Å². The lowest BCUT2D eigenvalue weighted by Gasteiger charge is -2.05. The average Bonchev–Trinajstić information content (AvgIpc) is 3.14. The highest BCUT2D eigenvalue weighted by molar-refractivity contribution is 7.11. The van der Waals surface area contributed by atoms with Crippen LogP contribution >= 0.6 is 11.3 Å². The van der Waals surface area contributed by atoms with Gasteiger partial charge in [-0.25, -0.2) is 0 Å². The topological polar surface area (TPSA) is 51.2 Å². The van der Waals surface area contributed by atoms with E-state index in [1.165, 1.54) is 11.3 Å². The molecule has 4 nitrogen and oxygen atoms in total. The van der Waals surface area contributed by atoms with Crippen LogP contribution in [0.2, 0.25) is 0 Å². The monoisotopic (exact) mass is 320 g/mol. The van der Waals surface area contributed by atoms with E-state index in [4.69, 9.17) is 4.74 Å². The van der Waals surface area contributed by atoms with Crippen molar-refractivity contribution in [3.63, 3.8) is 0 Å². The molecule has 3 aromatic rings. The van der Waals surface area contributed by atoms with Gasteiger partial charge in [-0.2, -0.15) is 0 Å². The van der Waals surface area contributed by atoms with Gasteiger partial charge < -0.3 is 10.1 Å². The van der Waals surface area contributed by atoms with Crippen LogP contribution in [0, 0.1) is 0 Å². The van der Waals surface area contributed by atoms with Crippen LogP contribution in [0.15, 0.2) is 60.2 Å². The van der Waals surface area contributed by atoms with Crippen molar-refractivity contribution in [1.82, 2.24) is 4.98 Å². The van der Waals surface area contributed by atoms with Crippen LogP contribution in [0.3, 0.4) is 0 Å². The van der Waals surface area contributed by atoms with Crippen LogP contribution in [0.25, 0.3) is 11.6 Å². The molecule has 0 bridgehead atoms. The molecule has 112 valence electrons. The number of nitrogens with zero attached hydrogens (tertiary/aromatic N) is 1. The number of carbonyl (C=O) groups is 1. The average molecular weight is 320 g/mol. The highest BCUT2D eigenvalue weighted by atomic mass is 32.1.